The number of nitrogens with zero attached hydrogens (tertiary/aromatic N) is 1. The first-order valence-corrected chi connectivity index (χ1v) is 14.6. The lowest BCUT2D eigenvalue weighted by Crippen LogP contribution is -2.61. The molecule has 0 saturated heterocycles. The van der Waals surface area contributed by atoms with E-state index in [0.29, 0.717) is 18.8 Å². The molecule has 4 aliphatic carbocycles. The minimum absolute atomic E-state index is 0.0243. The quantitative estimate of drug-likeness (QED) is 0.358. The first-order valence-electron chi connectivity index (χ1n) is 14.6. The molecular formula is C33H47NO4. The summed E-state index contributed by atoms with van der Waals surface area (Å²) in [4.78, 5) is 39.7. The van der Waals surface area contributed by atoms with E-state index in [1.165, 1.54) is 13.5 Å². The zero-order chi connectivity index (χ0) is 28.3. The highest BCUT2D eigenvalue weighted by Crippen LogP contribution is 2.71. The molecule has 0 aromatic heterocycles. The Hall–Kier alpha value is -2.22. The van der Waals surface area contributed by atoms with Crippen molar-refractivity contribution in [3.63, 3.8) is 0 Å². The number of Topliss-reactive ketones (excluding diaryl/α,β-unsaturated/α-hetero) is 1. The Morgan fingerprint density at radius 2 is 1.76 bits per heavy atom. The van der Waals surface area contributed by atoms with Crippen molar-refractivity contribution in [2.75, 3.05) is 7.11 Å². The first-order chi connectivity index (χ1) is 17.6. The molecule has 0 radical (unpaired) electrons. The summed E-state index contributed by atoms with van der Waals surface area (Å²) in [6.07, 6.45) is 11.8. The number of rotatable bonds is 5. The van der Waals surface area contributed by atoms with Crippen molar-refractivity contribution in [1.29, 1.82) is 5.26 Å². The van der Waals surface area contributed by atoms with E-state index in [1.807, 2.05) is 26.0 Å². The molecule has 0 unspecified atom stereocenters. The third-order valence-electron chi connectivity index (χ3n) is 11.7. The Balaban J connectivity index is 1.87. The lowest BCUT2D eigenvalue weighted by molar-refractivity contribution is -0.144. The molecule has 0 aromatic rings. The van der Waals surface area contributed by atoms with Gasteiger partial charge >= 0.3 is 5.97 Å². The van der Waals surface area contributed by atoms with Crippen LogP contribution >= 0.6 is 0 Å². The standard InChI is InChI=1S/C33H47NO4/c1-29(2)14-9-11-21(18-29)27-23(35)17-25-31(5)19-22(20-34)28(37)30(3,4)24(31)13-16-32(25,6)33(27,7)15-10-12-26(36)38-8/h17,19,21,24,27H,9-16,18H2,1-8H3/t21-,24-,27-,31-,32+,33+/m0/s1. The Morgan fingerprint density at radius 1 is 1.08 bits per heavy atom. The summed E-state index contributed by atoms with van der Waals surface area (Å²) < 4.78 is 4.95. The Bertz CT molecular complexity index is 1140. The van der Waals surface area contributed by atoms with Crippen LogP contribution in [0.15, 0.2) is 23.3 Å². The monoisotopic (exact) mass is 521 g/mol. The number of nitriles is 1. The molecule has 5 nitrogen and oxygen atoms in total. The van der Waals surface area contributed by atoms with Gasteiger partial charge in [-0.1, -0.05) is 66.5 Å². The molecule has 0 amide bonds. The van der Waals surface area contributed by atoms with Gasteiger partial charge in [0, 0.05) is 23.2 Å². The Morgan fingerprint density at radius 3 is 2.37 bits per heavy atom. The number of esters is 1. The number of ketones is 2. The lowest BCUT2D eigenvalue weighted by Gasteiger charge is -2.65. The fourth-order valence-corrected chi connectivity index (χ4v) is 9.62. The van der Waals surface area contributed by atoms with E-state index in [4.69, 9.17) is 4.74 Å². The fraction of sp³-hybridized carbons (Fsp3) is 0.758. The summed E-state index contributed by atoms with van der Waals surface area (Å²) >= 11 is 0. The number of carbonyl (C=O) groups is 3. The predicted molar refractivity (Wildman–Crippen MR) is 148 cm³/mol. The smallest absolute Gasteiger partial charge is 0.305 e. The van der Waals surface area contributed by atoms with Gasteiger partial charge in [-0.15, -0.1) is 0 Å². The van der Waals surface area contributed by atoms with Crippen molar-refractivity contribution in [2.24, 2.45) is 44.8 Å². The normalized spacial score (nSPS) is 39.7. The highest BCUT2D eigenvalue weighted by atomic mass is 16.5. The predicted octanol–water partition coefficient (Wildman–Crippen LogP) is 7.16. The molecule has 0 heterocycles. The summed E-state index contributed by atoms with van der Waals surface area (Å²) in [5.41, 5.74) is -0.344. The van der Waals surface area contributed by atoms with E-state index in [-0.39, 0.29) is 51.2 Å². The van der Waals surface area contributed by atoms with Gasteiger partial charge in [0.1, 0.15) is 6.07 Å². The molecule has 0 N–H and O–H groups in total. The topological polar surface area (TPSA) is 84.2 Å². The molecule has 6 atom stereocenters. The number of ether oxygens (including phenoxy) is 1. The van der Waals surface area contributed by atoms with Crippen LogP contribution in [0.4, 0.5) is 0 Å². The molecule has 4 aliphatic rings. The van der Waals surface area contributed by atoms with Crippen molar-refractivity contribution >= 4 is 17.5 Å². The van der Waals surface area contributed by atoms with Crippen LogP contribution in [0.25, 0.3) is 0 Å². The van der Waals surface area contributed by atoms with Gasteiger partial charge in [0.05, 0.1) is 12.7 Å². The number of methoxy groups -OCH3 is 1. The second kappa shape index (κ2) is 9.46. The molecule has 0 bridgehead atoms. The van der Waals surface area contributed by atoms with Crippen molar-refractivity contribution in [3.05, 3.63) is 23.3 Å². The molecular weight excluding hydrogens is 474 g/mol. The van der Waals surface area contributed by atoms with Gasteiger partial charge in [-0.2, -0.15) is 5.26 Å². The lowest BCUT2D eigenvalue weighted by atomic mass is 9.37. The number of allylic oxidation sites excluding steroid dienone is 4. The largest absolute Gasteiger partial charge is 0.469 e. The fourth-order valence-electron chi connectivity index (χ4n) is 9.62. The molecule has 2 saturated carbocycles. The van der Waals surface area contributed by atoms with E-state index >= 15 is 0 Å². The highest BCUT2D eigenvalue weighted by molar-refractivity contribution is 6.04. The van der Waals surface area contributed by atoms with Crippen LogP contribution in [0, 0.1) is 56.2 Å². The van der Waals surface area contributed by atoms with Crippen molar-refractivity contribution in [3.8, 4) is 6.07 Å². The van der Waals surface area contributed by atoms with Crippen LogP contribution in [-0.4, -0.2) is 24.6 Å². The van der Waals surface area contributed by atoms with Crippen LogP contribution < -0.4 is 0 Å². The molecule has 0 spiro atoms. The van der Waals surface area contributed by atoms with E-state index in [2.05, 4.69) is 40.7 Å². The van der Waals surface area contributed by atoms with E-state index in [9.17, 15) is 19.6 Å². The maximum atomic E-state index is 14.3. The zero-order valence-corrected chi connectivity index (χ0v) is 24.8. The Labute approximate surface area is 229 Å². The third kappa shape index (κ3) is 4.22. The van der Waals surface area contributed by atoms with E-state index < -0.39 is 10.8 Å². The zero-order valence-electron chi connectivity index (χ0n) is 24.8. The third-order valence-corrected chi connectivity index (χ3v) is 11.7. The number of fused-ring (bicyclic) bond motifs is 3. The highest BCUT2D eigenvalue weighted by Gasteiger charge is 2.66. The molecule has 38 heavy (non-hydrogen) atoms. The van der Waals surface area contributed by atoms with Crippen molar-refractivity contribution in [2.45, 2.75) is 106 Å². The summed E-state index contributed by atoms with van der Waals surface area (Å²) in [5.74, 6) is 0.129. The average Bonchev–Trinajstić information content (AvgIpc) is 2.82. The number of hydrogen-bond acceptors (Lipinski definition) is 5. The molecule has 0 aliphatic heterocycles. The average molecular weight is 522 g/mol. The summed E-state index contributed by atoms with van der Waals surface area (Å²) in [6.45, 7) is 15.4. The van der Waals surface area contributed by atoms with Gasteiger partial charge in [-0.3, -0.25) is 14.4 Å². The molecule has 5 heteroatoms. The number of hydrogen-bond donors (Lipinski definition) is 0. The van der Waals surface area contributed by atoms with E-state index in [0.717, 1.165) is 44.1 Å². The minimum Gasteiger partial charge on any atom is -0.469 e. The van der Waals surface area contributed by atoms with Crippen LogP contribution in [0.1, 0.15) is 106 Å². The van der Waals surface area contributed by atoms with Gasteiger partial charge in [-0.25, -0.2) is 0 Å². The second-order valence-corrected chi connectivity index (χ2v) is 14.7. The Kier molecular flexibility index (Phi) is 7.16. The van der Waals surface area contributed by atoms with Crippen molar-refractivity contribution < 1.29 is 19.1 Å². The minimum atomic E-state index is -0.675. The number of carbonyl (C=O) groups excluding carboxylic acids is 3. The summed E-state index contributed by atoms with van der Waals surface area (Å²) in [5, 5.41) is 9.90. The van der Waals surface area contributed by atoms with Crippen LogP contribution in [0.2, 0.25) is 0 Å². The first kappa shape index (κ1) is 28.8. The molecule has 4 rings (SSSR count). The van der Waals surface area contributed by atoms with Gasteiger partial charge in [-0.05, 0) is 79.1 Å². The molecule has 208 valence electrons. The van der Waals surface area contributed by atoms with Gasteiger partial charge in [0.2, 0.25) is 0 Å². The maximum Gasteiger partial charge on any atom is 0.305 e. The van der Waals surface area contributed by atoms with Gasteiger partial charge in [0.25, 0.3) is 0 Å². The van der Waals surface area contributed by atoms with Crippen LogP contribution in [0.5, 0.6) is 0 Å². The van der Waals surface area contributed by atoms with Gasteiger partial charge < -0.3 is 4.74 Å². The van der Waals surface area contributed by atoms with Crippen molar-refractivity contribution in [1.82, 2.24) is 0 Å². The van der Waals surface area contributed by atoms with E-state index in [1.54, 1.807) is 0 Å². The maximum absolute atomic E-state index is 14.3. The molecule has 2 fully saturated rings. The summed E-state index contributed by atoms with van der Waals surface area (Å²) in [6, 6.07) is 2.18. The van der Waals surface area contributed by atoms with Gasteiger partial charge in [0.15, 0.2) is 11.6 Å². The SMILES string of the molecule is COC(=O)CCC[C@]1(C)[C@@H]([C@H]2CCCC(C)(C)C2)C(=O)C=C2[C@@]3(C)C=C(C#N)C(=O)C(C)(C)[C@@H]3CC[C@]21C. The van der Waals surface area contributed by atoms with Crippen LogP contribution in [0.3, 0.4) is 0 Å². The van der Waals surface area contributed by atoms with Crippen LogP contribution in [-0.2, 0) is 19.1 Å². The molecule has 0 aromatic carbocycles. The summed E-state index contributed by atoms with van der Waals surface area (Å²) in [7, 11) is 1.43. The second-order valence-electron chi connectivity index (χ2n) is 14.7.